The van der Waals surface area contributed by atoms with Gasteiger partial charge in [-0.25, -0.2) is 9.18 Å². The molecule has 15 heavy (non-hydrogen) atoms. The normalized spacial score (nSPS) is 12.3. The fraction of sp³-hybridized carbons (Fsp3) is 0.222. The Kier molecular flexibility index (Phi) is 3.49. The second kappa shape index (κ2) is 4.46. The molecule has 0 bridgehead atoms. The van der Waals surface area contributed by atoms with Gasteiger partial charge in [0.2, 0.25) is 0 Å². The molecule has 0 aliphatic rings. The maximum absolute atomic E-state index is 13.0. The molecule has 0 amide bonds. The molecule has 1 atom stereocenters. The SMILES string of the molecule is COc1c(C(O)C(=O)O)ccc(F)c1Cl. The van der Waals surface area contributed by atoms with Crippen molar-refractivity contribution in [3.63, 3.8) is 0 Å². The van der Waals surface area contributed by atoms with Crippen molar-refractivity contribution in [2.24, 2.45) is 0 Å². The van der Waals surface area contributed by atoms with Gasteiger partial charge in [0.25, 0.3) is 0 Å². The molecular formula is C9H8ClFO4. The van der Waals surface area contributed by atoms with Crippen LogP contribution in [0, 0.1) is 5.82 Å². The lowest BCUT2D eigenvalue weighted by molar-refractivity contribution is -0.147. The Bertz CT molecular complexity index is 394. The van der Waals surface area contributed by atoms with Crippen molar-refractivity contribution in [2.45, 2.75) is 6.10 Å². The lowest BCUT2D eigenvalue weighted by atomic mass is 10.1. The molecular weight excluding hydrogens is 227 g/mol. The van der Waals surface area contributed by atoms with Gasteiger partial charge in [-0.15, -0.1) is 0 Å². The highest BCUT2D eigenvalue weighted by molar-refractivity contribution is 6.32. The van der Waals surface area contributed by atoms with Crippen LogP contribution in [0.25, 0.3) is 0 Å². The molecule has 0 saturated heterocycles. The van der Waals surface area contributed by atoms with Crippen LogP contribution in [0.4, 0.5) is 4.39 Å². The molecule has 4 nitrogen and oxygen atoms in total. The third-order valence-corrected chi connectivity index (χ3v) is 2.17. The molecule has 1 unspecified atom stereocenters. The van der Waals surface area contributed by atoms with Crippen molar-refractivity contribution in [1.29, 1.82) is 0 Å². The van der Waals surface area contributed by atoms with Gasteiger partial charge in [-0.3, -0.25) is 0 Å². The topological polar surface area (TPSA) is 66.8 Å². The van der Waals surface area contributed by atoms with Crippen LogP contribution < -0.4 is 4.74 Å². The van der Waals surface area contributed by atoms with Gasteiger partial charge in [-0.1, -0.05) is 11.6 Å². The van der Waals surface area contributed by atoms with Gasteiger partial charge >= 0.3 is 5.97 Å². The second-order valence-electron chi connectivity index (χ2n) is 2.72. The van der Waals surface area contributed by atoms with Crippen LogP contribution in [0.1, 0.15) is 11.7 Å². The number of rotatable bonds is 3. The highest BCUT2D eigenvalue weighted by Gasteiger charge is 2.23. The van der Waals surface area contributed by atoms with Crippen LogP contribution >= 0.6 is 11.6 Å². The lowest BCUT2D eigenvalue weighted by Gasteiger charge is -2.12. The van der Waals surface area contributed by atoms with E-state index in [-0.39, 0.29) is 16.3 Å². The predicted octanol–water partition coefficient (Wildman–Crippen LogP) is 1.61. The zero-order valence-electron chi connectivity index (χ0n) is 7.70. The fourth-order valence-electron chi connectivity index (χ4n) is 1.10. The number of methoxy groups -OCH3 is 1. The van der Waals surface area contributed by atoms with E-state index in [4.69, 9.17) is 21.4 Å². The Hall–Kier alpha value is -1.33. The average Bonchev–Trinajstić information content (AvgIpc) is 2.20. The van der Waals surface area contributed by atoms with Crippen molar-refractivity contribution in [1.82, 2.24) is 0 Å². The Morgan fingerprint density at radius 1 is 1.60 bits per heavy atom. The number of benzene rings is 1. The molecule has 2 N–H and O–H groups in total. The van der Waals surface area contributed by atoms with Gasteiger partial charge in [0, 0.05) is 5.56 Å². The summed E-state index contributed by atoms with van der Waals surface area (Å²) in [5.41, 5.74) is -0.0867. The van der Waals surface area contributed by atoms with E-state index in [9.17, 15) is 14.3 Å². The van der Waals surface area contributed by atoms with Crippen molar-refractivity contribution in [3.05, 3.63) is 28.5 Å². The number of carboxylic acid groups (broad SMARTS) is 1. The monoisotopic (exact) mass is 234 g/mol. The number of hydrogen-bond acceptors (Lipinski definition) is 3. The van der Waals surface area contributed by atoms with Crippen molar-refractivity contribution >= 4 is 17.6 Å². The van der Waals surface area contributed by atoms with Gasteiger partial charge in [-0.2, -0.15) is 0 Å². The van der Waals surface area contributed by atoms with Gasteiger partial charge in [0.1, 0.15) is 16.6 Å². The molecule has 6 heteroatoms. The summed E-state index contributed by atoms with van der Waals surface area (Å²) in [6.07, 6.45) is -1.79. The summed E-state index contributed by atoms with van der Waals surface area (Å²) in [7, 11) is 1.21. The summed E-state index contributed by atoms with van der Waals surface area (Å²) in [6.45, 7) is 0. The van der Waals surface area contributed by atoms with Crippen LogP contribution in [-0.4, -0.2) is 23.3 Å². The first-order chi connectivity index (χ1) is 6.99. The van der Waals surface area contributed by atoms with Gasteiger partial charge in [0.15, 0.2) is 6.10 Å². The van der Waals surface area contributed by atoms with E-state index in [1.54, 1.807) is 0 Å². The summed E-state index contributed by atoms with van der Waals surface area (Å²) in [5, 5.41) is 17.5. The van der Waals surface area contributed by atoms with Crippen LogP contribution in [0.3, 0.4) is 0 Å². The number of ether oxygens (including phenoxy) is 1. The third-order valence-electron chi connectivity index (χ3n) is 1.81. The minimum Gasteiger partial charge on any atom is -0.495 e. The third kappa shape index (κ3) is 2.19. The zero-order valence-corrected chi connectivity index (χ0v) is 8.45. The number of halogens is 2. The lowest BCUT2D eigenvalue weighted by Crippen LogP contribution is -2.12. The Labute approximate surface area is 89.9 Å². The second-order valence-corrected chi connectivity index (χ2v) is 3.10. The molecule has 0 saturated carbocycles. The summed E-state index contributed by atoms with van der Waals surface area (Å²) in [6, 6.07) is 2.07. The number of carboxylic acids is 1. The molecule has 1 rings (SSSR count). The van der Waals surface area contributed by atoms with Crippen molar-refractivity contribution < 1.29 is 24.1 Å². The highest BCUT2D eigenvalue weighted by atomic mass is 35.5. The molecule has 0 heterocycles. The molecule has 0 aromatic heterocycles. The van der Waals surface area contributed by atoms with Crippen LogP contribution in [0.15, 0.2) is 12.1 Å². The Balaban J connectivity index is 3.30. The molecule has 0 aliphatic heterocycles. The highest BCUT2D eigenvalue weighted by Crippen LogP contribution is 2.34. The largest absolute Gasteiger partial charge is 0.495 e. The van der Waals surface area contributed by atoms with Crippen LogP contribution in [0.5, 0.6) is 5.75 Å². The molecule has 82 valence electrons. The summed E-state index contributed by atoms with van der Waals surface area (Å²) < 4.78 is 17.7. The first-order valence-electron chi connectivity index (χ1n) is 3.91. The zero-order chi connectivity index (χ0) is 11.6. The molecule has 0 radical (unpaired) electrons. The number of hydrogen-bond donors (Lipinski definition) is 2. The average molecular weight is 235 g/mol. The van der Waals surface area contributed by atoms with Gasteiger partial charge in [-0.05, 0) is 12.1 Å². The van der Waals surface area contributed by atoms with E-state index < -0.39 is 17.9 Å². The smallest absolute Gasteiger partial charge is 0.337 e. The number of aliphatic hydroxyl groups excluding tert-OH is 1. The maximum atomic E-state index is 13.0. The van der Waals surface area contributed by atoms with E-state index in [1.165, 1.54) is 7.11 Å². The minimum atomic E-state index is -1.79. The number of aliphatic hydroxyl groups is 1. The Morgan fingerprint density at radius 3 is 2.67 bits per heavy atom. The van der Waals surface area contributed by atoms with Crippen molar-refractivity contribution in [3.8, 4) is 5.75 Å². The Morgan fingerprint density at radius 2 is 2.20 bits per heavy atom. The van der Waals surface area contributed by atoms with Gasteiger partial charge < -0.3 is 14.9 Å². The van der Waals surface area contributed by atoms with Crippen molar-refractivity contribution in [2.75, 3.05) is 7.11 Å². The van der Waals surface area contributed by atoms with Crippen LogP contribution in [-0.2, 0) is 4.79 Å². The quantitative estimate of drug-likeness (QED) is 0.834. The molecule has 0 spiro atoms. The fourth-order valence-corrected chi connectivity index (χ4v) is 1.35. The standard InChI is InChI=1S/C9H8ClFO4/c1-15-8-4(7(12)9(13)14)2-3-5(11)6(8)10/h2-3,7,12H,1H3,(H,13,14). The molecule has 0 aliphatic carbocycles. The van der Waals surface area contributed by atoms with E-state index in [1.807, 2.05) is 0 Å². The summed E-state index contributed by atoms with van der Waals surface area (Å²) in [5.74, 6) is -2.38. The molecule has 1 aromatic rings. The predicted molar refractivity (Wildman–Crippen MR) is 50.6 cm³/mol. The van der Waals surface area contributed by atoms with E-state index >= 15 is 0 Å². The van der Waals surface area contributed by atoms with Crippen LogP contribution in [0.2, 0.25) is 5.02 Å². The summed E-state index contributed by atoms with van der Waals surface area (Å²) >= 11 is 5.54. The van der Waals surface area contributed by atoms with E-state index in [0.717, 1.165) is 12.1 Å². The first kappa shape index (κ1) is 11.7. The number of carbonyl (C=O) groups is 1. The number of aliphatic carboxylic acids is 1. The molecule has 1 aromatic carbocycles. The van der Waals surface area contributed by atoms with E-state index in [2.05, 4.69) is 0 Å². The maximum Gasteiger partial charge on any atom is 0.337 e. The summed E-state index contributed by atoms with van der Waals surface area (Å²) in [4.78, 5) is 10.5. The van der Waals surface area contributed by atoms with E-state index in [0.29, 0.717) is 0 Å². The van der Waals surface area contributed by atoms with Gasteiger partial charge in [0.05, 0.1) is 7.11 Å². The first-order valence-corrected chi connectivity index (χ1v) is 4.29. The molecule has 0 fully saturated rings. The minimum absolute atomic E-state index is 0.0867.